The van der Waals surface area contributed by atoms with E-state index in [1.54, 1.807) is 28.2 Å². The van der Waals surface area contributed by atoms with Crippen LogP contribution in [0, 0.1) is 6.07 Å². The quantitative estimate of drug-likeness (QED) is 0.206. The minimum Gasteiger partial charge on any atom is -0.668 e. The van der Waals surface area contributed by atoms with Gasteiger partial charge in [0.05, 0.1) is 11.5 Å². The average molecular weight is 603 g/mol. The Kier molecular flexibility index (Phi) is 18.2. The predicted molar refractivity (Wildman–Crippen MR) is 162 cm³/mol. The van der Waals surface area contributed by atoms with Gasteiger partial charge in [-0.15, -0.1) is 35.4 Å². The summed E-state index contributed by atoms with van der Waals surface area (Å²) < 4.78 is 0. The van der Waals surface area contributed by atoms with Gasteiger partial charge in [-0.1, -0.05) is 77.9 Å². The van der Waals surface area contributed by atoms with E-state index in [4.69, 9.17) is 0 Å². The Hall–Kier alpha value is -2.17. The second kappa shape index (κ2) is 18.2. The molecule has 0 aliphatic heterocycles. The molecule has 0 radical (unpaired) electrons. The number of rotatable bonds is 2. The predicted octanol–water partition coefficient (Wildman–Crippen LogP) is 7.90. The summed E-state index contributed by atoms with van der Waals surface area (Å²) in [7, 11) is 10.8. The summed E-state index contributed by atoms with van der Waals surface area (Å²) in [6.07, 6.45) is 0. The number of aromatic hydroxyl groups is 2. The Morgan fingerprint density at radius 3 is 1.13 bits per heavy atom. The van der Waals surface area contributed by atoms with Crippen LogP contribution < -0.4 is 5.32 Å². The molecule has 6 heteroatoms. The van der Waals surface area contributed by atoms with E-state index in [1.807, 2.05) is 68.7 Å². The molecule has 3 N–H and O–H groups in total. The summed E-state index contributed by atoms with van der Waals surface area (Å²) in [5, 5.41) is 31.5. The van der Waals surface area contributed by atoms with Crippen LogP contribution in [0.3, 0.4) is 0 Å². The third-order valence-electron chi connectivity index (χ3n) is 5.06. The van der Waals surface area contributed by atoms with Gasteiger partial charge in [0, 0.05) is 0 Å². The number of hydrogen-bond donors (Lipinski definition) is 3. The molecule has 0 saturated carbocycles. The largest absolute Gasteiger partial charge is 4.00 e. The summed E-state index contributed by atoms with van der Waals surface area (Å²) >= 11 is 0. The van der Waals surface area contributed by atoms with Crippen LogP contribution in [0.25, 0.3) is 32.9 Å². The first-order valence-corrected chi connectivity index (χ1v) is 12.5. The third kappa shape index (κ3) is 11.7. The molecule has 0 aromatic heterocycles. The molecule has 0 unspecified atom stereocenters. The van der Waals surface area contributed by atoms with Crippen molar-refractivity contribution in [3.63, 3.8) is 0 Å². The molecule has 0 aliphatic rings. The van der Waals surface area contributed by atoms with E-state index in [0.717, 1.165) is 33.4 Å². The fourth-order valence-corrected chi connectivity index (χ4v) is 3.52. The van der Waals surface area contributed by atoms with Crippen molar-refractivity contribution in [1.82, 2.24) is 5.32 Å². The van der Waals surface area contributed by atoms with Crippen LogP contribution in [-0.2, 0) is 31.9 Å². The van der Waals surface area contributed by atoms with Crippen LogP contribution in [-0.4, -0.2) is 52.5 Å². The van der Waals surface area contributed by atoms with Gasteiger partial charge in [-0.25, -0.2) is 0 Å². The van der Waals surface area contributed by atoms with Crippen molar-refractivity contribution in [3.05, 3.63) is 82.4 Å². The van der Waals surface area contributed by atoms with Crippen molar-refractivity contribution < 1.29 is 31.3 Å². The minimum absolute atomic E-state index is 0. The summed E-state index contributed by atoms with van der Waals surface area (Å²) in [6.45, 7) is 12.5. The third-order valence-corrected chi connectivity index (χ3v) is 5.06. The summed E-state index contributed by atoms with van der Waals surface area (Å²) in [6, 6.07) is 20.9. The molecule has 38 heavy (non-hydrogen) atoms. The van der Waals surface area contributed by atoms with Crippen LogP contribution in [0.5, 0.6) is 11.5 Å². The molecule has 0 bridgehead atoms. The van der Waals surface area contributed by atoms with Crippen molar-refractivity contribution >= 4 is 0 Å². The molecular weight excluding hydrogens is 554 g/mol. The number of nitrogens with zero attached hydrogens (tertiary/aromatic N) is 2. The first-order valence-electron chi connectivity index (χ1n) is 12.5. The molecule has 0 aliphatic carbocycles. The summed E-state index contributed by atoms with van der Waals surface area (Å²) in [5.41, 5.74) is 4.61. The van der Waals surface area contributed by atoms with E-state index in [9.17, 15) is 10.2 Å². The second-order valence-corrected chi connectivity index (χ2v) is 10.8. The van der Waals surface area contributed by atoms with Crippen molar-refractivity contribution in [2.45, 2.75) is 52.4 Å². The Morgan fingerprint density at radius 1 is 0.605 bits per heavy atom. The molecule has 0 atom stereocenters. The topological polar surface area (TPSA) is 80.7 Å². The first-order chi connectivity index (χ1) is 17.2. The number of benzene rings is 3. The van der Waals surface area contributed by atoms with Gasteiger partial charge in [0.15, 0.2) is 0 Å². The smallest absolute Gasteiger partial charge is 0.668 e. The molecule has 3 aromatic carbocycles. The van der Waals surface area contributed by atoms with Gasteiger partial charge in [-0.2, -0.15) is 28.2 Å². The van der Waals surface area contributed by atoms with E-state index in [1.165, 1.54) is 0 Å². The number of phenolic OH excluding ortho intramolecular Hbond substituents is 2. The maximum atomic E-state index is 10.9. The maximum Gasteiger partial charge on any atom is 4.00 e. The fourth-order valence-electron chi connectivity index (χ4n) is 3.52. The summed E-state index contributed by atoms with van der Waals surface area (Å²) in [4.78, 5) is 0. The first kappa shape index (κ1) is 38.0. The molecule has 208 valence electrons. The van der Waals surface area contributed by atoms with Crippen LogP contribution in [0.4, 0.5) is 0 Å². The molecule has 0 saturated heterocycles. The molecule has 0 spiro atoms. The standard InChI is InChI=1S/C26H29O2.C2H7N.2C2H6N.Mo/c1-25(2,3)21-14-8-12-19(23(21)27)17-10-7-11-18(16-17)20-13-9-15-22(24(20)28)26(4,5)6;3*1-3-2;/h7-15,27-28H,1-6H3;3H,1-2H3;2*1-2H3;/q-1;;2*-1;+4. The van der Waals surface area contributed by atoms with E-state index >= 15 is 0 Å². The van der Waals surface area contributed by atoms with E-state index in [2.05, 4.69) is 63.6 Å². The Labute approximate surface area is 246 Å². The number of hydrogen-bond acceptors (Lipinski definition) is 3. The van der Waals surface area contributed by atoms with Crippen LogP contribution in [0.2, 0.25) is 0 Å². The fraction of sp³-hybridized carbons (Fsp3) is 0.438. The molecule has 0 heterocycles. The van der Waals surface area contributed by atoms with E-state index in [-0.39, 0.29) is 43.4 Å². The monoisotopic (exact) mass is 604 g/mol. The van der Waals surface area contributed by atoms with Crippen molar-refractivity contribution in [3.8, 4) is 33.8 Å². The molecule has 5 nitrogen and oxygen atoms in total. The zero-order valence-electron chi connectivity index (χ0n) is 25.4. The molecule has 3 rings (SSSR count). The number of phenols is 2. The zero-order valence-corrected chi connectivity index (χ0v) is 27.4. The number of para-hydroxylation sites is 2. The summed E-state index contributed by atoms with van der Waals surface area (Å²) in [5.74, 6) is 0.576. The molecule has 0 fully saturated rings. The molecule has 0 amide bonds. The van der Waals surface area contributed by atoms with Gasteiger partial charge in [-0.3, -0.25) is 0 Å². The van der Waals surface area contributed by atoms with Gasteiger partial charge in [-0.05, 0) is 47.2 Å². The SMILES string of the molecule is CC(C)(C)c1cccc(-c2[c-]c(-c3cccc(C(C)(C)C)c3O)ccc2)c1O.CNC.C[N-]C.C[N-]C.[Mo+4]. The van der Waals surface area contributed by atoms with Gasteiger partial charge >= 0.3 is 21.1 Å². The van der Waals surface area contributed by atoms with Crippen molar-refractivity contribution in [2.75, 3.05) is 42.3 Å². The van der Waals surface area contributed by atoms with Gasteiger partial charge < -0.3 is 26.2 Å². The molecule has 3 aromatic rings. The number of nitrogens with one attached hydrogen (secondary N) is 1. The molecular formula is C32H48MoN3O2+. The van der Waals surface area contributed by atoms with Gasteiger partial charge in [0.25, 0.3) is 0 Å². The second-order valence-electron chi connectivity index (χ2n) is 10.8. The maximum absolute atomic E-state index is 10.9. The van der Waals surface area contributed by atoms with Crippen LogP contribution >= 0.6 is 0 Å². The van der Waals surface area contributed by atoms with Crippen LogP contribution in [0.1, 0.15) is 52.7 Å². The van der Waals surface area contributed by atoms with Crippen molar-refractivity contribution in [1.29, 1.82) is 0 Å². The van der Waals surface area contributed by atoms with Gasteiger partial charge in [0.2, 0.25) is 0 Å². The van der Waals surface area contributed by atoms with Gasteiger partial charge in [0.1, 0.15) is 0 Å². The van der Waals surface area contributed by atoms with Crippen molar-refractivity contribution in [2.24, 2.45) is 0 Å². The zero-order chi connectivity index (χ0) is 28.8. The minimum atomic E-state index is -0.156. The van der Waals surface area contributed by atoms with E-state index < -0.39 is 0 Å². The van der Waals surface area contributed by atoms with E-state index in [0.29, 0.717) is 0 Å². The average Bonchev–Trinajstić information content (AvgIpc) is 2.79. The Balaban J connectivity index is 0. The normalized spacial score (nSPS) is 10.4. The Bertz CT molecular complexity index is 988. The van der Waals surface area contributed by atoms with Crippen LogP contribution in [0.15, 0.2) is 54.6 Å². The Morgan fingerprint density at radius 2 is 0.868 bits per heavy atom.